The fourth-order valence-corrected chi connectivity index (χ4v) is 0.998. The van der Waals surface area contributed by atoms with E-state index >= 15 is 0 Å². The van der Waals surface area contributed by atoms with E-state index in [0.717, 1.165) is 0 Å². The molecule has 0 aliphatic rings. The molecule has 1 aromatic carbocycles. The molecule has 0 fully saturated rings. The standard InChI is InChI=1S/C10H11NO3/c1-2-14-10(13)9(11)7-5-3-4-6-8(7)12/h3-6,11-12H,2H2,1H3. The maximum atomic E-state index is 11.1. The summed E-state index contributed by atoms with van der Waals surface area (Å²) in [5, 5.41) is 16.8. The van der Waals surface area contributed by atoms with E-state index in [9.17, 15) is 9.90 Å². The van der Waals surface area contributed by atoms with Gasteiger partial charge in [0.1, 0.15) is 5.75 Å². The lowest BCUT2D eigenvalue weighted by atomic mass is 10.1. The number of rotatable bonds is 3. The summed E-state index contributed by atoms with van der Waals surface area (Å²) in [6.45, 7) is 1.88. The fourth-order valence-electron chi connectivity index (χ4n) is 0.998. The molecule has 1 rings (SSSR count). The van der Waals surface area contributed by atoms with E-state index in [2.05, 4.69) is 4.74 Å². The number of hydrogen-bond donors (Lipinski definition) is 2. The predicted octanol–water partition coefficient (Wildman–Crippen LogP) is 1.32. The van der Waals surface area contributed by atoms with E-state index in [0.29, 0.717) is 0 Å². The molecule has 0 atom stereocenters. The Labute approximate surface area is 81.6 Å². The Morgan fingerprint density at radius 1 is 1.50 bits per heavy atom. The number of carbonyl (C=O) groups is 1. The number of phenols is 1. The van der Waals surface area contributed by atoms with Crippen LogP contribution in [0.1, 0.15) is 12.5 Å². The van der Waals surface area contributed by atoms with Gasteiger partial charge in [0, 0.05) is 5.56 Å². The average molecular weight is 193 g/mol. The third-order valence-electron chi connectivity index (χ3n) is 1.65. The smallest absolute Gasteiger partial charge is 0.356 e. The van der Waals surface area contributed by atoms with Crippen molar-refractivity contribution in [2.75, 3.05) is 6.61 Å². The Balaban J connectivity index is 2.90. The highest BCUT2D eigenvalue weighted by molar-refractivity contribution is 6.42. The monoisotopic (exact) mass is 193 g/mol. The van der Waals surface area contributed by atoms with Crippen molar-refractivity contribution >= 4 is 11.7 Å². The summed E-state index contributed by atoms with van der Waals surface area (Å²) in [6.07, 6.45) is 0. The maximum absolute atomic E-state index is 11.1. The zero-order valence-electron chi connectivity index (χ0n) is 7.78. The van der Waals surface area contributed by atoms with E-state index < -0.39 is 5.97 Å². The fraction of sp³-hybridized carbons (Fsp3) is 0.200. The summed E-state index contributed by atoms with van der Waals surface area (Å²) in [5.74, 6) is -0.820. The first-order chi connectivity index (χ1) is 6.66. The molecule has 1 aromatic rings. The molecule has 0 heterocycles. The van der Waals surface area contributed by atoms with Crippen molar-refractivity contribution in [2.24, 2.45) is 0 Å². The van der Waals surface area contributed by atoms with Crippen LogP contribution in [0.25, 0.3) is 0 Å². The zero-order valence-corrected chi connectivity index (χ0v) is 7.78. The summed E-state index contributed by atoms with van der Waals surface area (Å²) in [5.41, 5.74) is -0.143. The Morgan fingerprint density at radius 3 is 2.71 bits per heavy atom. The predicted molar refractivity (Wildman–Crippen MR) is 51.6 cm³/mol. The molecule has 4 heteroatoms. The summed E-state index contributed by atoms with van der Waals surface area (Å²) >= 11 is 0. The molecule has 0 aromatic heterocycles. The van der Waals surface area contributed by atoms with Gasteiger partial charge in [0.15, 0.2) is 5.71 Å². The van der Waals surface area contributed by atoms with Gasteiger partial charge in [-0.05, 0) is 19.1 Å². The van der Waals surface area contributed by atoms with E-state index in [4.69, 9.17) is 5.41 Å². The van der Waals surface area contributed by atoms with Crippen LogP contribution in [0.4, 0.5) is 0 Å². The number of ether oxygens (including phenoxy) is 1. The van der Waals surface area contributed by atoms with Gasteiger partial charge < -0.3 is 9.84 Å². The molecule has 0 spiro atoms. The Bertz CT molecular complexity index is 360. The summed E-state index contributed by atoms with van der Waals surface area (Å²) < 4.78 is 4.64. The summed E-state index contributed by atoms with van der Waals surface area (Å²) in [7, 11) is 0. The number of para-hydroxylation sites is 1. The largest absolute Gasteiger partial charge is 0.507 e. The number of hydrogen-bond acceptors (Lipinski definition) is 4. The van der Waals surface area contributed by atoms with Gasteiger partial charge in [-0.1, -0.05) is 12.1 Å². The number of carbonyl (C=O) groups excluding carboxylic acids is 1. The minimum atomic E-state index is -0.728. The Hall–Kier alpha value is -1.84. The van der Waals surface area contributed by atoms with Crippen LogP contribution in [0.3, 0.4) is 0 Å². The van der Waals surface area contributed by atoms with Crippen molar-refractivity contribution in [3.8, 4) is 5.75 Å². The molecule has 0 saturated carbocycles. The van der Waals surface area contributed by atoms with E-state index in [1.807, 2.05) is 0 Å². The second kappa shape index (κ2) is 4.41. The molecule has 2 N–H and O–H groups in total. The topological polar surface area (TPSA) is 70.4 Å². The number of aromatic hydroxyl groups is 1. The SMILES string of the molecule is CCOC(=O)C(=N)c1ccccc1O. The maximum Gasteiger partial charge on any atom is 0.356 e. The van der Waals surface area contributed by atoms with E-state index in [-0.39, 0.29) is 23.6 Å². The lowest BCUT2D eigenvalue weighted by molar-refractivity contribution is -0.135. The van der Waals surface area contributed by atoms with Crippen LogP contribution in [-0.4, -0.2) is 23.4 Å². The average Bonchev–Trinajstić information content (AvgIpc) is 2.18. The molecule has 0 aliphatic carbocycles. The second-order valence-corrected chi connectivity index (χ2v) is 2.61. The van der Waals surface area contributed by atoms with Crippen molar-refractivity contribution in [2.45, 2.75) is 6.92 Å². The van der Waals surface area contributed by atoms with Gasteiger partial charge in [0.05, 0.1) is 6.61 Å². The highest BCUT2D eigenvalue weighted by Crippen LogP contribution is 2.16. The number of esters is 1. The van der Waals surface area contributed by atoms with Gasteiger partial charge in [-0.15, -0.1) is 0 Å². The van der Waals surface area contributed by atoms with Crippen LogP contribution in [0, 0.1) is 5.41 Å². The normalized spacial score (nSPS) is 9.50. The lowest BCUT2D eigenvalue weighted by Gasteiger charge is -2.04. The molecule has 4 nitrogen and oxygen atoms in total. The first-order valence-electron chi connectivity index (χ1n) is 4.20. The minimum Gasteiger partial charge on any atom is -0.507 e. The highest BCUT2D eigenvalue weighted by atomic mass is 16.5. The van der Waals surface area contributed by atoms with Gasteiger partial charge >= 0.3 is 5.97 Å². The van der Waals surface area contributed by atoms with E-state index in [1.165, 1.54) is 12.1 Å². The van der Waals surface area contributed by atoms with Gasteiger partial charge in [0.25, 0.3) is 0 Å². The van der Waals surface area contributed by atoms with Crippen LogP contribution in [0.15, 0.2) is 24.3 Å². The molecular formula is C10H11NO3. The van der Waals surface area contributed by atoms with Crippen molar-refractivity contribution in [1.29, 1.82) is 5.41 Å². The molecule has 0 unspecified atom stereocenters. The molecule has 14 heavy (non-hydrogen) atoms. The second-order valence-electron chi connectivity index (χ2n) is 2.61. The van der Waals surface area contributed by atoms with Crippen molar-refractivity contribution < 1.29 is 14.6 Å². The molecule has 0 saturated heterocycles. The summed E-state index contributed by atoms with van der Waals surface area (Å²) in [4.78, 5) is 11.1. The van der Waals surface area contributed by atoms with Gasteiger partial charge in [-0.25, -0.2) is 4.79 Å². The van der Waals surface area contributed by atoms with E-state index in [1.54, 1.807) is 19.1 Å². The number of nitrogens with one attached hydrogen (secondary N) is 1. The Morgan fingerprint density at radius 2 is 2.14 bits per heavy atom. The Kier molecular flexibility index (Phi) is 3.23. The van der Waals surface area contributed by atoms with Crippen LogP contribution in [0.5, 0.6) is 5.75 Å². The van der Waals surface area contributed by atoms with Crippen molar-refractivity contribution in [1.82, 2.24) is 0 Å². The molecule has 0 aliphatic heterocycles. The summed E-state index contributed by atoms with van der Waals surface area (Å²) in [6, 6.07) is 6.18. The van der Waals surface area contributed by atoms with Crippen molar-refractivity contribution in [3.63, 3.8) is 0 Å². The first-order valence-corrected chi connectivity index (χ1v) is 4.20. The van der Waals surface area contributed by atoms with Gasteiger partial charge in [-0.2, -0.15) is 0 Å². The zero-order chi connectivity index (χ0) is 10.6. The third-order valence-corrected chi connectivity index (χ3v) is 1.65. The van der Waals surface area contributed by atoms with Crippen LogP contribution < -0.4 is 0 Å². The molecule has 0 amide bonds. The molecular weight excluding hydrogens is 182 g/mol. The minimum absolute atomic E-state index is 0.0921. The van der Waals surface area contributed by atoms with Gasteiger partial charge in [0.2, 0.25) is 0 Å². The third kappa shape index (κ3) is 2.10. The number of benzene rings is 1. The van der Waals surface area contributed by atoms with Crippen LogP contribution in [-0.2, 0) is 9.53 Å². The highest BCUT2D eigenvalue weighted by Gasteiger charge is 2.15. The molecule has 0 bridgehead atoms. The van der Waals surface area contributed by atoms with Gasteiger partial charge in [-0.3, -0.25) is 5.41 Å². The van der Waals surface area contributed by atoms with Crippen LogP contribution >= 0.6 is 0 Å². The van der Waals surface area contributed by atoms with Crippen LogP contribution in [0.2, 0.25) is 0 Å². The quantitative estimate of drug-likeness (QED) is 0.561. The molecule has 0 radical (unpaired) electrons. The lowest BCUT2D eigenvalue weighted by Crippen LogP contribution is -2.17. The number of phenolic OH excluding ortho intramolecular Hbond substituents is 1. The first kappa shape index (κ1) is 10.2. The molecule has 74 valence electrons. The van der Waals surface area contributed by atoms with Crippen molar-refractivity contribution in [3.05, 3.63) is 29.8 Å².